The molecule has 0 aromatic heterocycles. The summed E-state index contributed by atoms with van der Waals surface area (Å²) in [5.74, 6) is 0.894. The molecule has 3 aromatic carbocycles. The van der Waals surface area contributed by atoms with Crippen molar-refractivity contribution in [1.82, 2.24) is 5.32 Å². The van der Waals surface area contributed by atoms with Crippen LogP contribution in [0.3, 0.4) is 0 Å². The van der Waals surface area contributed by atoms with E-state index in [4.69, 9.17) is 24.7 Å². The molecule has 0 saturated heterocycles. The van der Waals surface area contributed by atoms with Crippen LogP contribution in [0.1, 0.15) is 16.7 Å². The highest BCUT2D eigenvalue weighted by atomic mass is 16.5. The van der Waals surface area contributed by atoms with Gasteiger partial charge in [-0.15, -0.1) is 0 Å². The highest BCUT2D eigenvalue weighted by Gasteiger charge is 2.38. The Morgan fingerprint density at radius 1 is 0.794 bits per heavy atom. The molecule has 1 heterocycles. The zero-order valence-electron chi connectivity index (χ0n) is 18.3. The summed E-state index contributed by atoms with van der Waals surface area (Å²) in [5, 5.41) is 42.6. The largest absolute Gasteiger partial charge is 0.507 e. The number of phenolic OH excluding ortho intramolecular Hbond substituents is 2. The monoisotopic (exact) mass is 463 g/mol. The second kappa shape index (κ2) is 10.2. The van der Waals surface area contributed by atoms with Crippen molar-refractivity contribution in [3.05, 3.63) is 83.4 Å². The van der Waals surface area contributed by atoms with Gasteiger partial charge in [-0.25, -0.2) is 9.98 Å². The zero-order valence-corrected chi connectivity index (χ0v) is 18.3. The van der Waals surface area contributed by atoms with E-state index in [1.807, 2.05) is 30.3 Å². The zero-order chi connectivity index (χ0) is 24.0. The van der Waals surface area contributed by atoms with Crippen LogP contribution in [0.4, 0.5) is 0 Å². The highest BCUT2D eigenvalue weighted by molar-refractivity contribution is 6.06. The van der Waals surface area contributed by atoms with Gasteiger partial charge in [0.05, 0.1) is 25.1 Å². The number of aliphatic imine (C=N–C) groups is 2. The average Bonchev–Trinajstić information content (AvgIpc) is 2.87. The third kappa shape index (κ3) is 4.66. The second-order valence-corrected chi connectivity index (χ2v) is 7.42. The van der Waals surface area contributed by atoms with Crippen LogP contribution in [0.25, 0.3) is 0 Å². The van der Waals surface area contributed by atoms with E-state index in [1.54, 1.807) is 24.3 Å². The maximum Gasteiger partial charge on any atom is 0.188 e. The van der Waals surface area contributed by atoms with Gasteiger partial charge in [-0.05, 0) is 24.3 Å². The number of ether oxygens (including phenoxy) is 2. The van der Waals surface area contributed by atoms with Crippen LogP contribution in [0.15, 0.2) is 76.7 Å². The Balaban J connectivity index is 1.81. The fraction of sp³-hybridized carbons (Fsp3) is 0.200. The van der Waals surface area contributed by atoms with Crippen molar-refractivity contribution in [2.75, 3.05) is 26.4 Å². The molecule has 0 saturated carbocycles. The van der Waals surface area contributed by atoms with Gasteiger partial charge in [-0.1, -0.05) is 30.3 Å². The van der Waals surface area contributed by atoms with Gasteiger partial charge in [0.1, 0.15) is 36.2 Å². The van der Waals surface area contributed by atoms with Crippen LogP contribution in [0, 0.1) is 0 Å². The fourth-order valence-corrected chi connectivity index (χ4v) is 3.68. The molecule has 1 aliphatic heterocycles. The van der Waals surface area contributed by atoms with Crippen molar-refractivity contribution in [2.45, 2.75) is 5.66 Å². The number of hydrogen-bond acceptors (Lipinski definition) is 9. The van der Waals surface area contributed by atoms with E-state index in [2.05, 4.69) is 10.3 Å². The summed E-state index contributed by atoms with van der Waals surface area (Å²) in [6.45, 7) is -0.0725. The topological polar surface area (TPSA) is 136 Å². The Labute approximate surface area is 196 Å². The molecule has 34 heavy (non-hydrogen) atoms. The molecule has 0 spiro atoms. The average molecular weight is 463 g/mol. The van der Waals surface area contributed by atoms with Crippen molar-refractivity contribution in [1.29, 1.82) is 0 Å². The van der Waals surface area contributed by atoms with Crippen molar-refractivity contribution >= 4 is 12.2 Å². The van der Waals surface area contributed by atoms with Gasteiger partial charge in [0.2, 0.25) is 0 Å². The van der Waals surface area contributed by atoms with Gasteiger partial charge < -0.3 is 35.2 Å². The van der Waals surface area contributed by atoms with Crippen LogP contribution < -0.4 is 14.8 Å². The number of nitrogens with zero attached hydrogens (tertiary/aromatic N) is 2. The Morgan fingerprint density at radius 3 is 2.06 bits per heavy atom. The van der Waals surface area contributed by atoms with E-state index in [0.717, 1.165) is 5.56 Å². The second-order valence-electron chi connectivity index (χ2n) is 7.42. The first-order valence-corrected chi connectivity index (χ1v) is 10.7. The lowest BCUT2D eigenvalue weighted by Crippen LogP contribution is -2.44. The van der Waals surface area contributed by atoms with Crippen molar-refractivity contribution in [2.24, 2.45) is 9.98 Å². The molecule has 0 aliphatic carbocycles. The Kier molecular flexibility index (Phi) is 6.95. The lowest BCUT2D eigenvalue weighted by Gasteiger charge is -2.34. The number of rotatable bonds is 9. The molecule has 1 unspecified atom stereocenters. The smallest absolute Gasteiger partial charge is 0.188 e. The van der Waals surface area contributed by atoms with E-state index >= 15 is 0 Å². The summed E-state index contributed by atoms with van der Waals surface area (Å²) in [7, 11) is 0. The first-order chi connectivity index (χ1) is 16.6. The molecule has 5 N–H and O–H groups in total. The molecule has 9 nitrogen and oxygen atoms in total. The number of nitrogens with one attached hydrogen (secondary N) is 1. The van der Waals surface area contributed by atoms with Gasteiger partial charge in [0.25, 0.3) is 0 Å². The Hall–Kier alpha value is -4.08. The van der Waals surface area contributed by atoms with Crippen LogP contribution >= 0.6 is 0 Å². The number of aliphatic hydroxyl groups excluding tert-OH is 2. The number of amidine groups is 1. The third-order valence-electron chi connectivity index (χ3n) is 5.21. The molecule has 9 heteroatoms. The minimum absolute atomic E-state index is 0.0674. The maximum absolute atomic E-state index is 10.9. The van der Waals surface area contributed by atoms with E-state index in [-0.39, 0.29) is 43.8 Å². The highest BCUT2D eigenvalue weighted by Crippen LogP contribution is 2.40. The first-order valence-electron chi connectivity index (χ1n) is 10.7. The summed E-state index contributed by atoms with van der Waals surface area (Å²) in [5.41, 5.74) is 0.314. The minimum atomic E-state index is -1.24. The van der Waals surface area contributed by atoms with E-state index in [1.165, 1.54) is 18.5 Å². The van der Waals surface area contributed by atoms with Crippen molar-refractivity contribution in [3.63, 3.8) is 0 Å². The van der Waals surface area contributed by atoms with Gasteiger partial charge in [-0.3, -0.25) is 0 Å². The molecule has 1 aliphatic rings. The molecule has 1 atom stereocenters. The maximum atomic E-state index is 10.9. The number of aliphatic hydroxyl groups is 2. The number of phenols is 2. The summed E-state index contributed by atoms with van der Waals surface area (Å²) < 4.78 is 10.8. The van der Waals surface area contributed by atoms with E-state index in [9.17, 15) is 10.2 Å². The van der Waals surface area contributed by atoms with Crippen molar-refractivity contribution in [3.8, 4) is 23.0 Å². The summed E-state index contributed by atoms with van der Waals surface area (Å²) >= 11 is 0. The number of benzene rings is 3. The summed E-state index contributed by atoms with van der Waals surface area (Å²) in [6, 6.07) is 18.9. The number of aromatic hydroxyl groups is 2. The minimum Gasteiger partial charge on any atom is -0.507 e. The molecule has 0 amide bonds. The van der Waals surface area contributed by atoms with Crippen LogP contribution in [-0.4, -0.2) is 59.0 Å². The van der Waals surface area contributed by atoms with E-state index in [0.29, 0.717) is 22.6 Å². The van der Waals surface area contributed by atoms with Gasteiger partial charge in [0.15, 0.2) is 11.5 Å². The Morgan fingerprint density at radius 2 is 1.44 bits per heavy atom. The Bertz CT molecular complexity index is 1200. The molecule has 176 valence electrons. The lowest BCUT2D eigenvalue weighted by atomic mass is 9.90. The third-order valence-corrected chi connectivity index (χ3v) is 5.21. The van der Waals surface area contributed by atoms with Gasteiger partial charge in [0, 0.05) is 23.3 Å². The number of hydrogen-bond donors (Lipinski definition) is 5. The first kappa shape index (κ1) is 23.1. The molecular formula is C25H25N3O6. The molecule has 0 fully saturated rings. The van der Waals surface area contributed by atoms with Crippen LogP contribution in [0.5, 0.6) is 23.0 Å². The molecule has 4 rings (SSSR count). The van der Waals surface area contributed by atoms with Crippen LogP contribution in [0.2, 0.25) is 0 Å². The quantitative estimate of drug-likeness (QED) is 0.328. The van der Waals surface area contributed by atoms with Gasteiger partial charge >= 0.3 is 0 Å². The lowest BCUT2D eigenvalue weighted by molar-refractivity contribution is 0.201. The predicted octanol–water partition coefficient (Wildman–Crippen LogP) is 2.12. The summed E-state index contributed by atoms with van der Waals surface area (Å²) in [6.07, 6.45) is 1.47. The van der Waals surface area contributed by atoms with E-state index < -0.39 is 5.66 Å². The molecular weight excluding hydrogens is 438 g/mol. The van der Waals surface area contributed by atoms with Crippen LogP contribution in [-0.2, 0) is 5.66 Å². The fourth-order valence-electron chi connectivity index (χ4n) is 3.68. The van der Waals surface area contributed by atoms with Gasteiger partial charge in [-0.2, -0.15) is 0 Å². The normalized spacial score (nSPS) is 17.1. The summed E-state index contributed by atoms with van der Waals surface area (Å²) in [4.78, 5) is 9.18. The van der Waals surface area contributed by atoms with Crippen molar-refractivity contribution < 1.29 is 29.9 Å². The molecule has 0 bridgehead atoms. The molecule has 3 aromatic rings. The predicted molar refractivity (Wildman–Crippen MR) is 127 cm³/mol. The SMILES string of the molecule is OCCOc1ccc(C2=NC(c3ccccc3)(c3ccc(OCCO)cc3O)NC=N2)c(O)c1. The molecule has 0 radical (unpaired) electrons. The standard InChI is InChI=1S/C25H25N3O6/c29-10-12-33-18-6-8-20(22(31)14-18)24-26-16-27-25(28-24,17-4-2-1-3-5-17)21-9-7-19(15-23(21)32)34-13-11-30/h1-9,14-16,29-32H,10-13H2,(H,26,27,28).